The fourth-order valence-corrected chi connectivity index (χ4v) is 3.36. The SMILES string of the molecule is CC(CN1CCCC1)NC(=O)C1(C(N)=S)CCOCC1. The predicted molar refractivity (Wildman–Crippen MR) is 82.6 cm³/mol. The number of nitrogens with one attached hydrogen (secondary N) is 1. The number of hydrogen-bond donors (Lipinski definition) is 2. The molecule has 0 spiro atoms. The number of nitrogens with zero attached hydrogens (tertiary/aromatic N) is 1. The Hall–Kier alpha value is -0.720. The van der Waals surface area contributed by atoms with Gasteiger partial charge in [-0.3, -0.25) is 4.79 Å². The lowest BCUT2D eigenvalue weighted by Gasteiger charge is -2.36. The van der Waals surface area contributed by atoms with Gasteiger partial charge >= 0.3 is 0 Å². The maximum absolute atomic E-state index is 12.6. The Labute approximate surface area is 126 Å². The van der Waals surface area contributed by atoms with Crippen molar-refractivity contribution in [3.63, 3.8) is 0 Å². The van der Waals surface area contributed by atoms with Gasteiger partial charge in [0.05, 0.1) is 4.99 Å². The number of thiocarbonyl (C=S) groups is 1. The van der Waals surface area contributed by atoms with Gasteiger partial charge < -0.3 is 20.7 Å². The van der Waals surface area contributed by atoms with Gasteiger partial charge in [0.15, 0.2) is 0 Å². The highest BCUT2D eigenvalue weighted by Gasteiger charge is 2.43. The van der Waals surface area contributed by atoms with E-state index in [0.717, 1.165) is 19.6 Å². The molecule has 2 rings (SSSR count). The second kappa shape index (κ2) is 6.83. The maximum Gasteiger partial charge on any atom is 0.233 e. The Bertz CT molecular complexity index is 363. The van der Waals surface area contributed by atoms with Gasteiger partial charge in [-0.15, -0.1) is 0 Å². The van der Waals surface area contributed by atoms with Crippen LogP contribution in [0, 0.1) is 5.41 Å². The van der Waals surface area contributed by atoms with Crippen LogP contribution in [0.4, 0.5) is 0 Å². The highest BCUT2D eigenvalue weighted by atomic mass is 32.1. The van der Waals surface area contributed by atoms with Crippen molar-refractivity contribution in [2.45, 2.75) is 38.6 Å². The highest BCUT2D eigenvalue weighted by molar-refractivity contribution is 7.80. The van der Waals surface area contributed by atoms with E-state index in [0.29, 0.717) is 31.0 Å². The first-order chi connectivity index (χ1) is 9.54. The minimum Gasteiger partial charge on any atom is -0.392 e. The van der Waals surface area contributed by atoms with Gasteiger partial charge in [0, 0.05) is 25.8 Å². The molecule has 2 fully saturated rings. The zero-order chi connectivity index (χ0) is 14.6. The topological polar surface area (TPSA) is 67.6 Å². The molecular weight excluding hydrogens is 274 g/mol. The molecule has 0 aromatic carbocycles. The van der Waals surface area contributed by atoms with Crippen LogP contribution in [0.3, 0.4) is 0 Å². The second-order valence-electron chi connectivity index (χ2n) is 5.94. The Kier molecular flexibility index (Phi) is 5.35. The normalized spacial score (nSPS) is 24.2. The largest absolute Gasteiger partial charge is 0.392 e. The summed E-state index contributed by atoms with van der Waals surface area (Å²) < 4.78 is 5.33. The molecule has 0 bridgehead atoms. The lowest BCUT2D eigenvalue weighted by molar-refractivity contribution is -0.132. The third-order valence-electron chi connectivity index (χ3n) is 4.36. The summed E-state index contributed by atoms with van der Waals surface area (Å²) in [5.41, 5.74) is 5.13. The summed E-state index contributed by atoms with van der Waals surface area (Å²) in [6, 6.07) is 0.120. The Morgan fingerprint density at radius 2 is 2.00 bits per heavy atom. The monoisotopic (exact) mass is 299 g/mol. The van der Waals surface area contributed by atoms with Crippen LogP contribution in [0.1, 0.15) is 32.6 Å². The van der Waals surface area contributed by atoms with Crippen molar-refractivity contribution in [2.24, 2.45) is 11.1 Å². The van der Waals surface area contributed by atoms with Gasteiger partial charge in [-0.25, -0.2) is 0 Å². The number of ether oxygens (including phenoxy) is 1. The molecule has 2 aliphatic heterocycles. The van der Waals surface area contributed by atoms with E-state index in [-0.39, 0.29) is 11.9 Å². The fourth-order valence-electron chi connectivity index (χ4n) is 3.07. The van der Waals surface area contributed by atoms with Crippen LogP contribution in [0.2, 0.25) is 0 Å². The summed E-state index contributed by atoms with van der Waals surface area (Å²) in [6.45, 7) is 6.30. The van der Waals surface area contributed by atoms with Crippen LogP contribution in [0.25, 0.3) is 0 Å². The third-order valence-corrected chi connectivity index (χ3v) is 4.75. The Balaban J connectivity index is 1.92. The van der Waals surface area contributed by atoms with E-state index in [1.807, 2.05) is 6.92 Å². The number of carbonyl (C=O) groups excluding carboxylic acids is 1. The molecule has 0 aliphatic carbocycles. The van der Waals surface area contributed by atoms with Crippen LogP contribution in [0.15, 0.2) is 0 Å². The molecule has 0 aromatic heterocycles. The van der Waals surface area contributed by atoms with Crippen LogP contribution in [-0.4, -0.2) is 54.7 Å². The molecule has 5 nitrogen and oxygen atoms in total. The summed E-state index contributed by atoms with van der Waals surface area (Å²) in [5, 5.41) is 3.10. The molecule has 0 aromatic rings. The van der Waals surface area contributed by atoms with E-state index in [1.165, 1.54) is 12.8 Å². The maximum atomic E-state index is 12.6. The molecule has 2 saturated heterocycles. The summed E-state index contributed by atoms with van der Waals surface area (Å²) in [5.74, 6) is -0.0278. The quantitative estimate of drug-likeness (QED) is 0.730. The van der Waals surface area contributed by atoms with Crippen LogP contribution in [0.5, 0.6) is 0 Å². The number of amides is 1. The van der Waals surface area contributed by atoms with E-state index in [4.69, 9.17) is 22.7 Å². The minimum absolute atomic E-state index is 0.0278. The molecule has 3 N–H and O–H groups in total. The van der Waals surface area contributed by atoms with E-state index in [1.54, 1.807) is 0 Å². The molecule has 0 radical (unpaired) electrons. The van der Waals surface area contributed by atoms with E-state index >= 15 is 0 Å². The highest BCUT2D eigenvalue weighted by Crippen LogP contribution is 2.31. The van der Waals surface area contributed by atoms with Crippen molar-refractivity contribution < 1.29 is 9.53 Å². The summed E-state index contributed by atoms with van der Waals surface area (Å²) >= 11 is 5.15. The molecule has 0 saturated carbocycles. The molecule has 6 heteroatoms. The zero-order valence-electron chi connectivity index (χ0n) is 12.2. The van der Waals surface area contributed by atoms with Crippen molar-refractivity contribution in [3.05, 3.63) is 0 Å². The predicted octanol–water partition coefficient (Wildman–Crippen LogP) is 0.670. The lowest BCUT2D eigenvalue weighted by Crippen LogP contribution is -2.55. The van der Waals surface area contributed by atoms with Crippen molar-refractivity contribution in [3.8, 4) is 0 Å². The van der Waals surface area contributed by atoms with Crippen molar-refractivity contribution >= 4 is 23.1 Å². The Morgan fingerprint density at radius 1 is 1.40 bits per heavy atom. The second-order valence-corrected chi connectivity index (χ2v) is 6.38. The minimum atomic E-state index is -0.715. The van der Waals surface area contributed by atoms with Gasteiger partial charge in [-0.2, -0.15) is 0 Å². The van der Waals surface area contributed by atoms with Crippen molar-refractivity contribution in [1.29, 1.82) is 0 Å². The van der Waals surface area contributed by atoms with Gasteiger partial charge in [-0.1, -0.05) is 12.2 Å². The average Bonchev–Trinajstić information content (AvgIpc) is 2.91. The molecule has 2 heterocycles. The summed E-state index contributed by atoms with van der Waals surface area (Å²) in [4.78, 5) is 15.3. The average molecular weight is 299 g/mol. The first-order valence-electron chi connectivity index (χ1n) is 7.45. The summed E-state index contributed by atoms with van der Waals surface area (Å²) in [6.07, 6.45) is 3.69. The van der Waals surface area contributed by atoms with Crippen molar-refractivity contribution in [1.82, 2.24) is 10.2 Å². The first-order valence-corrected chi connectivity index (χ1v) is 7.86. The summed E-state index contributed by atoms with van der Waals surface area (Å²) in [7, 11) is 0. The van der Waals surface area contributed by atoms with E-state index < -0.39 is 5.41 Å². The number of carbonyl (C=O) groups is 1. The number of hydrogen-bond acceptors (Lipinski definition) is 4. The van der Waals surface area contributed by atoms with Gasteiger partial charge in [0.2, 0.25) is 5.91 Å². The number of rotatable bonds is 5. The molecule has 1 unspecified atom stereocenters. The smallest absolute Gasteiger partial charge is 0.233 e. The molecule has 2 aliphatic rings. The number of nitrogens with two attached hydrogens (primary N) is 1. The first kappa shape index (κ1) is 15.7. The lowest BCUT2D eigenvalue weighted by atomic mass is 9.79. The van der Waals surface area contributed by atoms with Crippen LogP contribution < -0.4 is 11.1 Å². The van der Waals surface area contributed by atoms with Crippen molar-refractivity contribution in [2.75, 3.05) is 32.8 Å². The third kappa shape index (κ3) is 3.48. The fraction of sp³-hybridized carbons (Fsp3) is 0.857. The molecular formula is C14H25N3O2S. The molecule has 20 heavy (non-hydrogen) atoms. The zero-order valence-corrected chi connectivity index (χ0v) is 13.0. The number of likely N-dealkylation sites (tertiary alicyclic amines) is 1. The van der Waals surface area contributed by atoms with Crippen LogP contribution in [-0.2, 0) is 9.53 Å². The van der Waals surface area contributed by atoms with Crippen LogP contribution >= 0.6 is 12.2 Å². The standard InChI is InChI=1S/C14H25N3O2S/c1-11(10-17-6-2-3-7-17)16-13(18)14(12(15)20)4-8-19-9-5-14/h11H,2-10H2,1H3,(H2,15,20)(H,16,18). The molecule has 1 amide bonds. The van der Waals surface area contributed by atoms with Gasteiger partial charge in [-0.05, 0) is 45.7 Å². The molecule has 1 atom stereocenters. The van der Waals surface area contributed by atoms with Gasteiger partial charge in [0.25, 0.3) is 0 Å². The molecule has 114 valence electrons. The van der Waals surface area contributed by atoms with Gasteiger partial charge in [0.1, 0.15) is 5.41 Å². The Morgan fingerprint density at radius 3 is 2.55 bits per heavy atom. The van der Waals surface area contributed by atoms with E-state index in [2.05, 4.69) is 10.2 Å². The van der Waals surface area contributed by atoms with E-state index in [9.17, 15) is 4.79 Å².